The van der Waals surface area contributed by atoms with Crippen LogP contribution in [0, 0.1) is 0 Å². The van der Waals surface area contributed by atoms with Gasteiger partial charge >= 0.3 is 5.97 Å². The number of nitrogens with one attached hydrogen (secondary N) is 1. The molecule has 1 aromatic heterocycles. The Kier molecular flexibility index (Phi) is 5.69. The van der Waals surface area contributed by atoms with Crippen molar-refractivity contribution in [3.63, 3.8) is 0 Å². The van der Waals surface area contributed by atoms with Crippen molar-refractivity contribution in [3.05, 3.63) is 22.4 Å². The number of carbonyl (C=O) groups is 2. The SMILES string of the molecule is COC(=O)CC(C)NC(=O)CCc1ccsc1. The Labute approximate surface area is 105 Å². The van der Waals surface area contributed by atoms with E-state index in [1.807, 2.05) is 16.8 Å². The van der Waals surface area contributed by atoms with E-state index in [9.17, 15) is 9.59 Å². The summed E-state index contributed by atoms with van der Waals surface area (Å²) in [6.45, 7) is 1.79. The monoisotopic (exact) mass is 255 g/mol. The van der Waals surface area contributed by atoms with Crippen molar-refractivity contribution in [1.82, 2.24) is 5.32 Å². The van der Waals surface area contributed by atoms with Crippen LogP contribution in [-0.4, -0.2) is 25.0 Å². The summed E-state index contributed by atoms with van der Waals surface area (Å²) in [5.74, 6) is -0.344. The predicted molar refractivity (Wildman–Crippen MR) is 66.9 cm³/mol. The molecule has 0 radical (unpaired) electrons. The fourth-order valence-electron chi connectivity index (χ4n) is 1.42. The number of ether oxygens (including phenoxy) is 1. The van der Waals surface area contributed by atoms with E-state index >= 15 is 0 Å². The number of rotatable bonds is 6. The van der Waals surface area contributed by atoms with Gasteiger partial charge in [0.2, 0.25) is 5.91 Å². The minimum atomic E-state index is -0.310. The third kappa shape index (κ3) is 5.49. The molecular formula is C12H17NO3S. The number of thiophene rings is 1. The maximum atomic E-state index is 11.6. The summed E-state index contributed by atoms with van der Waals surface area (Å²) in [4.78, 5) is 22.5. The highest BCUT2D eigenvalue weighted by Crippen LogP contribution is 2.08. The molecule has 0 spiro atoms. The van der Waals surface area contributed by atoms with Crippen LogP contribution < -0.4 is 5.32 Å². The molecule has 1 N–H and O–H groups in total. The molecule has 4 nitrogen and oxygen atoms in total. The van der Waals surface area contributed by atoms with Crippen LogP contribution >= 0.6 is 11.3 Å². The second-order valence-electron chi connectivity index (χ2n) is 3.88. The Bertz CT molecular complexity index is 362. The van der Waals surface area contributed by atoms with Gasteiger partial charge in [0.25, 0.3) is 0 Å². The van der Waals surface area contributed by atoms with E-state index in [0.717, 1.165) is 6.42 Å². The molecule has 1 atom stereocenters. The molecule has 94 valence electrons. The zero-order valence-corrected chi connectivity index (χ0v) is 10.9. The molecule has 1 aromatic rings. The van der Waals surface area contributed by atoms with Crippen LogP contribution in [0.2, 0.25) is 0 Å². The minimum absolute atomic E-state index is 0.0346. The van der Waals surface area contributed by atoms with Crippen molar-refractivity contribution in [2.75, 3.05) is 7.11 Å². The third-order valence-corrected chi connectivity index (χ3v) is 3.06. The zero-order valence-electron chi connectivity index (χ0n) is 10.1. The number of carbonyl (C=O) groups excluding carboxylic acids is 2. The van der Waals surface area contributed by atoms with Gasteiger partial charge in [0.1, 0.15) is 0 Å². The molecule has 0 saturated heterocycles. The van der Waals surface area contributed by atoms with Gasteiger partial charge in [-0.15, -0.1) is 0 Å². The van der Waals surface area contributed by atoms with E-state index in [1.54, 1.807) is 18.3 Å². The highest BCUT2D eigenvalue weighted by molar-refractivity contribution is 7.07. The van der Waals surface area contributed by atoms with Gasteiger partial charge in [-0.2, -0.15) is 11.3 Å². The van der Waals surface area contributed by atoms with Gasteiger partial charge in [-0.25, -0.2) is 0 Å². The Balaban J connectivity index is 2.22. The molecule has 0 aliphatic heterocycles. The quantitative estimate of drug-likeness (QED) is 0.788. The number of amides is 1. The summed E-state index contributed by atoms with van der Waals surface area (Å²) in [5.41, 5.74) is 1.17. The Morgan fingerprint density at radius 1 is 1.53 bits per heavy atom. The molecule has 0 saturated carbocycles. The standard InChI is InChI=1S/C12H17NO3S/c1-9(7-12(15)16-2)13-11(14)4-3-10-5-6-17-8-10/h5-6,8-9H,3-4,7H2,1-2H3,(H,13,14). The van der Waals surface area contributed by atoms with Crippen molar-refractivity contribution < 1.29 is 14.3 Å². The Morgan fingerprint density at radius 3 is 2.88 bits per heavy atom. The molecule has 0 fully saturated rings. The lowest BCUT2D eigenvalue weighted by atomic mass is 10.1. The highest BCUT2D eigenvalue weighted by Gasteiger charge is 2.11. The molecule has 0 aliphatic carbocycles. The summed E-state index contributed by atoms with van der Waals surface area (Å²) in [5, 5.41) is 6.80. The number of aryl methyl sites for hydroxylation is 1. The first-order valence-corrected chi connectivity index (χ1v) is 6.43. The van der Waals surface area contributed by atoms with Crippen LogP contribution in [0.1, 0.15) is 25.3 Å². The van der Waals surface area contributed by atoms with Crippen molar-refractivity contribution in [2.24, 2.45) is 0 Å². The average Bonchev–Trinajstić information content (AvgIpc) is 2.78. The molecule has 1 rings (SSSR count). The van der Waals surface area contributed by atoms with Crippen LogP contribution in [0.15, 0.2) is 16.8 Å². The van der Waals surface area contributed by atoms with E-state index < -0.39 is 0 Å². The van der Waals surface area contributed by atoms with E-state index in [4.69, 9.17) is 0 Å². The minimum Gasteiger partial charge on any atom is -0.469 e. The fourth-order valence-corrected chi connectivity index (χ4v) is 2.13. The van der Waals surface area contributed by atoms with Gasteiger partial charge in [0.15, 0.2) is 0 Å². The molecule has 0 aromatic carbocycles. The van der Waals surface area contributed by atoms with E-state index in [2.05, 4.69) is 10.1 Å². The van der Waals surface area contributed by atoms with Crippen LogP contribution in [-0.2, 0) is 20.7 Å². The van der Waals surface area contributed by atoms with Crippen molar-refractivity contribution >= 4 is 23.2 Å². The van der Waals surface area contributed by atoms with Crippen LogP contribution in [0.25, 0.3) is 0 Å². The normalized spacial score (nSPS) is 11.9. The third-order valence-electron chi connectivity index (χ3n) is 2.33. The summed E-state index contributed by atoms with van der Waals surface area (Å²) < 4.78 is 4.53. The first-order chi connectivity index (χ1) is 8.11. The van der Waals surface area contributed by atoms with Crippen LogP contribution in [0.5, 0.6) is 0 Å². The molecule has 0 bridgehead atoms. The molecule has 1 amide bonds. The lowest BCUT2D eigenvalue weighted by Gasteiger charge is -2.12. The Morgan fingerprint density at radius 2 is 2.29 bits per heavy atom. The zero-order chi connectivity index (χ0) is 12.7. The summed E-state index contributed by atoms with van der Waals surface area (Å²) in [6.07, 6.45) is 1.39. The van der Waals surface area contributed by atoms with Gasteiger partial charge < -0.3 is 10.1 Å². The largest absolute Gasteiger partial charge is 0.469 e. The van der Waals surface area contributed by atoms with Crippen molar-refractivity contribution in [1.29, 1.82) is 0 Å². The first kappa shape index (κ1) is 13.7. The summed E-state index contributed by atoms with van der Waals surface area (Å²) >= 11 is 1.62. The van der Waals surface area contributed by atoms with Gasteiger partial charge in [-0.05, 0) is 35.7 Å². The number of methoxy groups -OCH3 is 1. The number of hydrogen-bond acceptors (Lipinski definition) is 4. The molecule has 5 heteroatoms. The smallest absolute Gasteiger partial charge is 0.307 e. The number of hydrogen-bond donors (Lipinski definition) is 1. The second kappa shape index (κ2) is 7.06. The van der Waals surface area contributed by atoms with Gasteiger partial charge in [0, 0.05) is 12.5 Å². The summed E-state index contributed by atoms with van der Waals surface area (Å²) in [6, 6.07) is 1.83. The number of esters is 1. The lowest BCUT2D eigenvalue weighted by molar-refractivity contribution is -0.141. The summed E-state index contributed by atoms with van der Waals surface area (Å²) in [7, 11) is 1.34. The second-order valence-corrected chi connectivity index (χ2v) is 4.66. The highest BCUT2D eigenvalue weighted by atomic mass is 32.1. The van der Waals surface area contributed by atoms with E-state index in [1.165, 1.54) is 12.7 Å². The van der Waals surface area contributed by atoms with Crippen LogP contribution in [0.3, 0.4) is 0 Å². The average molecular weight is 255 g/mol. The van der Waals surface area contributed by atoms with E-state index in [0.29, 0.717) is 6.42 Å². The topological polar surface area (TPSA) is 55.4 Å². The molecule has 1 heterocycles. The van der Waals surface area contributed by atoms with Gasteiger partial charge in [-0.3, -0.25) is 9.59 Å². The van der Waals surface area contributed by atoms with Crippen LogP contribution in [0.4, 0.5) is 0 Å². The van der Waals surface area contributed by atoms with Gasteiger partial charge in [-0.1, -0.05) is 0 Å². The predicted octanol–water partition coefficient (Wildman–Crippen LogP) is 1.75. The first-order valence-electron chi connectivity index (χ1n) is 5.49. The van der Waals surface area contributed by atoms with Crippen molar-refractivity contribution in [2.45, 2.75) is 32.2 Å². The van der Waals surface area contributed by atoms with Crippen molar-refractivity contribution in [3.8, 4) is 0 Å². The van der Waals surface area contributed by atoms with Gasteiger partial charge in [0.05, 0.1) is 13.5 Å². The maximum Gasteiger partial charge on any atom is 0.307 e. The van der Waals surface area contributed by atoms with E-state index in [-0.39, 0.29) is 24.3 Å². The lowest BCUT2D eigenvalue weighted by Crippen LogP contribution is -2.34. The molecular weight excluding hydrogens is 238 g/mol. The fraction of sp³-hybridized carbons (Fsp3) is 0.500. The molecule has 17 heavy (non-hydrogen) atoms. The maximum absolute atomic E-state index is 11.6. The molecule has 1 unspecified atom stereocenters. The molecule has 0 aliphatic rings. The Hall–Kier alpha value is -1.36.